The van der Waals surface area contributed by atoms with Gasteiger partial charge in [0.05, 0.1) is 6.04 Å². The van der Waals surface area contributed by atoms with E-state index in [2.05, 4.69) is 41.8 Å². The molecule has 1 aromatic carbocycles. The summed E-state index contributed by atoms with van der Waals surface area (Å²) >= 11 is 2.22. The largest absolute Gasteiger partial charge is 0.325 e. The molecule has 0 aliphatic carbocycles. The fourth-order valence-corrected chi connectivity index (χ4v) is 1.74. The summed E-state index contributed by atoms with van der Waals surface area (Å²) in [4.78, 5) is 11.7. The monoisotopic (exact) mass is 332 g/mol. The van der Waals surface area contributed by atoms with Crippen LogP contribution in [0.2, 0.25) is 0 Å². The number of halogens is 1. The smallest absolute Gasteiger partial charge is 0.241 e. The van der Waals surface area contributed by atoms with Crippen molar-refractivity contribution in [2.24, 2.45) is 11.7 Å². The summed E-state index contributed by atoms with van der Waals surface area (Å²) in [5, 5.41) is 2.81. The lowest BCUT2D eigenvalue weighted by Gasteiger charge is -2.14. The lowest BCUT2D eigenvalue weighted by atomic mass is 10.0. The van der Waals surface area contributed by atoms with E-state index in [0.29, 0.717) is 12.3 Å². The molecular formula is C12H17IN2O. The van der Waals surface area contributed by atoms with Crippen molar-refractivity contribution >= 4 is 34.2 Å². The number of nitrogens with two attached hydrogens (primary N) is 1. The third-order valence-electron chi connectivity index (χ3n) is 2.17. The topological polar surface area (TPSA) is 55.1 Å². The quantitative estimate of drug-likeness (QED) is 0.833. The Balaban J connectivity index is 2.54. The van der Waals surface area contributed by atoms with E-state index in [1.165, 1.54) is 0 Å². The van der Waals surface area contributed by atoms with Crippen LogP contribution in [0.1, 0.15) is 20.3 Å². The molecule has 1 amide bonds. The predicted octanol–water partition coefficient (Wildman–Crippen LogP) is 2.60. The molecule has 1 aromatic rings. The van der Waals surface area contributed by atoms with Crippen molar-refractivity contribution in [2.75, 3.05) is 5.32 Å². The third kappa shape index (κ3) is 4.49. The van der Waals surface area contributed by atoms with Crippen LogP contribution < -0.4 is 11.1 Å². The van der Waals surface area contributed by atoms with Gasteiger partial charge in [0.25, 0.3) is 0 Å². The van der Waals surface area contributed by atoms with Gasteiger partial charge in [0, 0.05) is 9.26 Å². The van der Waals surface area contributed by atoms with Crippen LogP contribution in [0.3, 0.4) is 0 Å². The molecule has 0 bridgehead atoms. The minimum absolute atomic E-state index is 0.116. The van der Waals surface area contributed by atoms with Crippen LogP contribution in [0.25, 0.3) is 0 Å². The number of carbonyl (C=O) groups is 1. The molecule has 4 heteroatoms. The minimum atomic E-state index is -0.431. The van der Waals surface area contributed by atoms with Crippen LogP contribution >= 0.6 is 22.6 Å². The number of carbonyl (C=O) groups excluding carboxylic acids is 1. The Bertz CT molecular complexity index is 349. The van der Waals surface area contributed by atoms with E-state index in [-0.39, 0.29) is 5.91 Å². The maximum absolute atomic E-state index is 11.7. The van der Waals surface area contributed by atoms with Gasteiger partial charge in [0.15, 0.2) is 0 Å². The molecule has 88 valence electrons. The highest BCUT2D eigenvalue weighted by Crippen LogP contribution is 2.12. The van der Waals surface area contributed by atoms with Gasteiger partial charge in [-0.15, -0.1) is 0 Å². The maximum atomic E-state index is 11.7. The van der Waals surface area contributed by atoms with Gasteiger partial charge in [-0.2, -0.15) is 0 Å². The van der Waals surface area contributed by atoms with Gasteiger partial charge in [-0.05, 0) is 59.2 Å². The van der Waals surface area contributed by atoms with Crippen LogP contribution in [0.5, 0.6) is 0 Å². The number of rotatable bonds is 4. The fourth-order valence-electron chi connectivity index (χ4n) is 1.38. The highest BCUT2D eigenvalue weighted by atomic mass is 127. The molecule has 0 aliphatic rings. The number of benzene rings is 1. The summed E-state index contributed by atoms with van der Waals surface area (Å²) in [5.41, 5.74) is 6.58. The molecule has 3 nitrogen and oxygen atoms in total. The van der Waals surface area contributed by atoms with Crippen molar-refractivity contribution in [3.63, 3.8) is 0 Å². The van der Waals surface area contributed by atoms with Crippen LogP contribution in [0.4, 0.5) is 5.69 Å². The lowest BCUT2D eigenvalue weighted by Crippen LogP contribution is -2.36. The van der Waals surface area contributed by atoms with Crippen molar-refractivity contribution < 1.29 is 4.79 Å². The van der Waals surface area contributed by atoms with Gasteiger partial charge in [-0.3, -0.25) is 4.79 Å². The molecule has 0 radical (unpaired) electrons. The third-order valence-corrected chi connectivity index (χ3v) is 2.89. The minimum Gasteiger partial charge on any atom is -0.325 e. The molecule has 0 unspecified atom stereocenters. The Morgan fingerprint density at radius 2 is 1.94 bits per heavy atom. The molecule has 0 spiro atoms. The van der Waals surface area contributed by atoms with Crippen LogP contribution in [-0.2, 0) is 4.79 Å². The van der Waals surface area contributed by atoms with Gasteiger partial charge in [-0.25, -0.2) is 0 Å². The lowest BCUT2D eigenvalue weighted by molar-refractivity contribution is -0.117. The Kier molecular flexibility index (Phi) is 5.21. The molecular weight excluding hydrogens is 315 g/mol. The van der Waals surface area contributed by atoms with E-state index >= 15 is 0 Å². The van der Waals surface area contributed by atoms with Crippen molar-refractivity contribution in [1.29, 1.82) is 0 Å². The number of anilines is 1. The first-order valence-corrected chi connectivity index (χ1v) is 6.39. The second-order valence-electron chi connectivity index (χ2n) is 4.23. The van der Waals surface area contributed by atoms with Crippen molar-refractivity contribution in [1.82, 2.24) is 0 Å². The normalized spacial score (nSPS) is 12.6. The fraction of sp³-hybridized carbons (Fsp3) is 0.417. The number of nitrogens with one attached hydrogen (secondary N) is 1. The van der Waals surface area contributed by atoms with E-state index in [1.807, 2.05) is 24.3 Å². The molecule has 0 aromatic heterocycles. The zero-order chi connectivity index (χ0) is 12.1. The molecule has 1 atom stereocenters. The summed E-state index contributed by atoms with van der Waals surface area (Å²) in [6, 6.07) is 7.22. The van der Waals surface area contributed by atoms with Gasteiger partial charge in [0.1, 0.15) is 0 Å². The maximum Gasteiger partial charge on any atom is 0.241 e. The Morgan fingerprint density at radius 1 is 1.38 bits per heavy atom. The van der Waals surface area contributed by atoms with E-state index in [9.17, 15) is 4.79 Å². The first-order valence-electron chi connectivity index (χ1n) is 5.31. The average Bonchev–Trinajstić information content (AvgIpc) is 2.20. The van der Waals surface area contributed by atoms with Crippen LogP contribution in [-0.4, -0.2) is 11.9 Å². The molecule has 1 rings (SSSR count). The molecule has 0 aliphatic heterocycles. The number of hydrogen-bond donors (Lipinski definition) is 2. The van der Waals surface area contributed by atoms with Gasteiger partial charge < -0.3 is 11.1 Å². The Hall–Kier alpha value is -0.620. The summed E-state index contributed by atoms with van der Waals surface area (Å²) in [5.74, 6) is 0.312. The van der Waals surface area contributed by atoms with Gasteiger partial charge in [-0.1, -0.05) is 13.8 Å². The molecule has 16 heavy (non-hydrogen) atoms. The highest BCUT2D eigenvalue weighted by molar-refractivity contribution is 14.1. The molecule has 0 fully saturated rings. The Labute approximate surface area is 110 Å². The molecule has 3 N–H and O–H groups in total. The zero-order valence-corrected chi connectivity index (χ0v) is 11.7. The van der Waals surface area contributed by atoms with E-state index in [4.69, 9.17) is 5.73 Å². The van der Waals surface area contributed by atoms with Crippen molar-refractivity contribution in [2.45, 2.75) is 26.3 Å². The van der Waals surface area contributed by atoms with Crippen LogP contribution in [0, 0.1) is 9.49 Å². The molecule has 0 saturated carbocycles. The first kappa shape index (κ1) is 13.4. The SMILES string of the molecule is CC(C)C[C@H](N)C(=O)Nc1ccc(I)cc1. The number of amides is 1. The van der Waals surface area contributed by atoms with Gasteiger partial charge >= 0.3 is 0 Å². The molecule has 0 saturated heterocycles. The summed E-state index contributed by atoms with van der Waals surface area (Å²) in [6.07, 6.45) is 0.705. The summed E-state index contributed by atoms with van der Waals surface area (Å²) in [7, 11) is 0. The van der Waals surface area contributed by atoms with Gasteiger partial charge in [0.2, 0.25) is 5.91 Å². The molecule has 0 heterocycles. The number of hydrogen-bond acceptors (Lipinski definition) is 2. The van der Waals surface area contributed by atoms with Crippen molar-refractivity contribution in [3.8, 4) is 0 Å². The highest BCUT2D eigenvalue weighted by Gasteiger charge is 2.14. The van der Waals surface area contributed by atoms with E-state index in [1.54, 1.807) is 0 Å². The second kappa shape index (κ2) is 6.20. The zero-order valence-electron chi connectivity index (χ0n) is 9.53. The van der Waals surface area contributed by atoms with E-state index in [0.717, 1.165) is 9.26 Å². The standard InChI is InChI=1S/C12H17IN2O/c1-8(2)7-11(14)12(16)15-10-5-3-9(13)4-6-10/h3-6,8,11H,7,14H2,1-2H3,(H,15,16)/t11-/m0/s1. The predicted molar refractivity (Wildman–Crippen MR) is 75.2 cm³/mol. The second-order valence-corrected chi connectivity index (χ2v) is 5.48. The average molecular weight is 332 g/mol. The van der Waals surface area contributed by atoms with Crippen molar-refractivity contribution in [3.05, 3.63) is 27.8 Å². The Morgan fingerprint density at radius 3 is 2.44 bits per heavy atom. The summed E-state index contributed by atoms with van der Waals surface area (Å²) < 4.78 is 1.14. The van der Waals surface area contributed by atoms with E-state index < -0.39 is 6.04 Å². The summed E-state index contributed by atoms with van der Waals surface area (Å²) in [6.45, 7) is 4.11. The van der Waals surface area contributed by atoms with Crippen LogP contribution in [0.15, 0.2) is 24.3 Å². The first-order chi connectivity index (χ1) is 7.49.